The van der Waals surface area contributed by atoms with Crippen LogP contribution >= 0.6 is 0 Å². The number of rotatable bonds is 8. The van der Waals surface area contributed by atoms with E-state index in [1.165, 1.54) is 6.42 Å². The number of carbonyl (C=O) groups excluding carboxylic acids is 2. The smallest absolute Gasteiger partial charge is 0.254 e. The van der Waals surface area contributed by atoms with Crippen molar-refractivity contribution >= 4 is 11.8 Å². The summed E-state index contributed by atoms with van der Waals surface area (Å²) in [4.78, 5) is 30.0. The first-order valence-electron chi connectivity index (χ1n) is 11.6. The van der Waals surface area contributed by atoms with Crippen molar-refractivity contribution < 1.29 is 14.3 Å². The average Bonchev–Trinajstić information content (AvgIpc) is 3.08. The second-order valence-corrected chi connectivity index (χ2v) is 9.21. The molecule has 1 aromatic carbocycles. The fraction of sp³-hybridized carbons (Fsp3) is 0.667. The highest BCUT2D eigenvalue weighted by atomic mass is 16.5. The van der Waals surface area contributed by atoms with E-state index in [4.69, 9.17) is 4.74 Å². The van der Waals surface area contributed by atoms with Gasteiger partial charge in [0.05, 0.1) is 13.2 Å². The van der Waals surface area contributed by atoms with E-state index >= 15 is 0 Å². The van der Waals surface area contributed by atoms with Crippen molar-refractivity contribution in [2.45, 2.75) is 51.5 Å². The van der Waals surface area contributed by atoms with Crippen molar-refractivity contribution in [3.63, 3.8) is 0 Å². The van der Waals surface area contributed by atoms with Gasteiger partial charge in [-0.15, -0.1) is 0 Å². The molecule has 1 saturated carbocycles. The van der Waals surface area contributed by atoms with E-state index in [0.717, 1.165) is 82.6 Å². The molecule has 1 aliphatic carbocycles. The molecule has 0 spiro atoms. The number of morpholine rings is 1. The molecule has 0 radical (unpaired) electrons. The van der Waals surface area contributed by atoms with E-state index in [2.05, 4.69) is 10.2 Å². The second kappa shape index (κ2) is 9.92. The lowest BCUT2D eigenvalue weighted by Crippen LogP contribution is -2.43. The number of ether oxygens (including phenoxy) is 1. The Morgan fingerprint density at radius 3 is 2.63 bits per heavy atom. The normalized spacial score (nSPS) is 21.5. The summed E-state index contributed by atoms with van der Waals surface area (Å²) in [5.74, 6) is 0.268. The molecule has 0 unspecified atom stereocenters. The molecule has 2 amide bonds. The first-order chi connectivity index (χ1) is 14.7. The lowest BCUT2D eigenvalue weighted by atomic mass is 9.71. The summed E-state index contributed by atoms with van der Waals surface area (Å²) in [7, 11) is 0. The van der Waals surface area contributed by atoms with Crippen LogP contribution in [0.3, 0.4) is 0 Å². The molecule has 6 nitrogen and oxygen atoms in total. The van der Waals surface area contributed by atoms with Crippen molar-refractivity contribution in [3.05, 3.63) is 35.4 Å². The maximum atomic E-state index is 12.9. The highest BCUT2D eigenvalue weighted by Gasteiger charge is 2.39. The standard InChI is InChI=1S/C24H35N3O3/c28-22(25-11-6-12-26-13-15-30-16-14-26)17-24(9-4-1-5-10-24)19-27-18-20-7-2-3-8-21(20)23(27)29/h2-3,7-8H,1,4-6,9-19H2,(H,25,28). The van der Waals surface area contributed by atoms with Gasteiger partial charge in [-0.1, -0.05) is 37.5 Å². The van der Waals surface area contributed by atoms with Crippen molar-refractivity contribution in [3.8, 4) is 0 Å². The molecule has 1 N–H and O–H groups in total. The molecule has 0 aromatic heterocycles. The first kappa shape index (κ1) is 21.3. The van der Waals surface area contributed by atoms with Crippen LogP contribution in [0.2, 0.25) is 0 Å². The van der Waals surface area contributed by atoms with Gasteiger partial charge in [-0.25, -0.2) is 0 Å². The van der Waals surface area contributed by atoms with Crippen LogP contribution in [0.15, 0.2) is 24.3 Å². The highest BCUT2D eigenvalue weighted by Crippen LogP contribution is 2.41. The number of fused-ring (bicyclic) bond motifs is 1. The molecule has 0 atom stereocenters. The van der Waals surface area contributed by atoms with E-state index in [-0.39, 0.29) is 17.2 Å². The molecular formula is C24H35N3O3. The number of amides is 2. The largest absolute Gasteiger partial charge is 0.379 e. The molecule has 30 heavy (non-hydrogen) atoms. The highest BCUT2D eigenvalue weighted by molar-refractivity contribution is 5.98. The lowest BCUT2D eigenvalue weighted by molar-refractivity contribution is -0.124. The van der Waals surface area contributed by atoms with E-state index in [9.17, 15) is 9.59 Å². The van der Waals surface area contributed by atoms with Gasteiger partial charge in [-0.05, 0) is 42.9 Å². The Hall–Kier alpha value is -1.92. The van der Waals surface area contributed by atoms with Crippen molar-refractivity contribution in [1.29, 1.82) is 0 Å². The van der Waals surface area contributed by atoms with Crippen LogP contribution in [0, 0.1) is 5.41 Å². The van der Waals surface area contributed by atoms with E-state index < -0.39 is 0 Å². The number of nitrogens with zero attached hydrogens (tertiary/aromatic N) is 2. The Kier molecular flexibility index (Phi) is 7.05. The third-order valence-electron chi connectivity index (χ3n) is 6.95. The molecule has 1 aromatic rings. The number of nitrogens with one attached hydrogen (secondary N) is 1. The minimum Gasteiger partial charge on any atom is -0.379 e. The number of hydrogen-bond acceptors (Lipinski definition) is 4. The molecule has 0 bridgehead atoms. The summed E-state index contributed by atoms with van der Waals surface area (Å²) in [5, 5.41) is 3.15. The van der Waals surface area contributed by atoms with Crippen molar-refractivity contribution in [2.75, 3.05) is 45.9 Å². The van der Waals surface area contributed by atoms with Crippen LogP contribution < -0.4 is 5.32 Å². The van der Waals surface area contributed by atoms with Crippen molar-refractivity contribution in [2.24, 2.45) is 5.41 Å². The molecule has 3 aliphatic rings. The van der Waals surface area contributed by atoms with Crippen LogP contribution in [0.1, 0.15) is 60.9 Å². The predicted molar refractivity (Wildman–Crippen MR) is 116 cm³/mol. The maximum absolute atomic E-state index is 12.9. The summed E-state index contributed by atoms with van der Waals surface area (Å²) in [6.45, 7) is 6.71. The third kappa shape index (κ3) is 5.22. The van der Waals surface area contributed by atoms with E-state index in [1.54, 1.807) is 0 Å². The van der Waals surface area contributed by atoms with Crippen LogP contribution in [0.4, 0.5) is 0 Å². The summed E-state index contributed by atoms with van der Waals surface area (Å²) < 4.78 is 5.38. The Morgan fingerprint density at radius 2 is 1.87 bits per heavy atom. The van der Waals surface area contributed by atoms with Crippen LogP contribution in [-0.2, 0) is 16.1 Å². The monoisotopic (exact) mass is 413 g/mol. The zero-order valence-corrected chi connectivity index (χ0v) is 18.0. The summed E-state index contributed by atoms with van der Waals surface area (Å²) in [6.07, 6.45) is 7.11. The molecular weight excluding hydrogens is 378 g/mol. The van der Waals surface area contributed by atoms with Gasteiger partial charge in [-0.3, -0.25) is 14.5 Å². The van der Waals surface area contributed by atoms with Gasteiger partial charge in [0.25, 0.3) is 5.91 Å². The molecule has 164 valence electrons. The fourth-order valence-electron chi connectivity index (χ4n) is 5.30. The molecule has 1 saturated heterocycles. The van der Waals surface area contributed by atoms with E-state index in [1.807, 2.05) is 29.2 Å². The number of carbonyl (C=O) groups is 2. The van der Waals surface area contributed by atoms with Crippen LogP contribution in [0.25, 0.3) is 0 Å². The van der Waals surface area contributed by atoms with Gasteiger partial charge in [0.2, 0.25) is 5.91 Å². The van der Waals surface area contributed by atoms with E-state index in [0.29, 0.717) is 19.5 Å². The first-order valence-corrected chi connectivity index (χ1v) is 11.6. The average molecular weight is 414 g/mol. The SMILES string of the molecule is O=C(CC1(CN2Cc3ccccc3C2=O)CCCCC1)NCCCN1CCOCC1. The molecule has 6 heteroatoms. The minimum atomic E-state index is -0.0791. The Morgan fingerprint density at radius 1 is 1.10 bits per heavy atom. The predicted octanol–water partition coefficient (Wildman–Crippen LogP) is 2.82. The Balaban J connectivity index is 1.29. The lowest BCUT2D eigenvalue weighted by Gasteiger charge is -2.39. The van der Waals surface area contributed by atoms with Gasteiger partial charge >= 0.3 is 0 Å². The summed E-state index contributed by atoms with van der Waals surface area (Å²) >= 11 is 0. The molecule has 2 heterocycles. The Labute approximate surface area is 179 Å². The minimum absolute atomic E-state index is 0.0791. The van der Waals surface area contributed by atoms with Gasteiger partial charge in [0.1, 0.15) is 0 Å². The Bertz CT molecular complexity index is 739. The van der Waals surface area contributed by atoms with Crippen LogP contribution in [0.5, 0.6) is 0 Å². The zero-order chi connectivity index (χ0) is 20.8. The number of hydrogen-bond donors (Lipinski definition) is 1. The molecule has 4 rings (SSSR count). The van der Waals surface area contributed by atoms with Gasteiger partial charge in [0.15, 0.2) is 0 Å². The maximum Gasteiger partial charge on any atom is 0.254 e. The van der Waals surface area contributed by atoms with Gasteiger partial charge < -0.3 is 15.0 Å². The third-order valence-corrected chi connectivity index (χ3v) is 6.95. The quantitative estimate of drug-likeness (QED) is 0.666. The topological polar surface area (TPSA) is 61.9 Å². The fourth-order valence-corrected chi connectivity index (χ4v) is 5.30. The van der Waals surface area contributed by atoms with Gasteiger partial charge in [0, 0.05) is 44.7 Å². The summed E-state index contributed by atoms with van der Waals surface area (Å²) in [5.41, 5.74) is 1.86. The second-order valence-electron chi connectivity index (χ2n) is 9.21. The molecule has 2 fully saturated rings. The van der Waals surface area contributed by atoms with Crippen molar-refractivity contribution in [1.82, 2.24) is 15.1 Å². The van der Waals surface area contributed by atoms with Crippen LogP contribution in [-0.4, -0.2) is 67.6 Å². The summed E-state index contributed by atoms with van der Waals surface area (Å²) in [6, 6.07) is 7.89. The number of benzene rings is 1. The van der Waals surface area contributed by atoms with Gasteiger partial charge in [-0.2, -0.15) is 0 Å². The zero-order valence-electron chi connectivity index (χ0n) is 18.0. The molecule has 2 aliphatic heterocycles.